The lowest BCUT2D eigenvalue weighted by Crippen LogP contribution is -2.43. The van der Waals surface area contributed by atoms with Crippen molar-refractivity contribution in [3.8, 4) is 5.75 Å². The van der Waals surface area contributed by atoms with E-state index in [2.05, 4.69) is 0 Å². The van der Waals surface area contributed by atoms with E-state index in [1.165, 1.54) is 11.0 Å². The van der Waals surface area contributed by atoms with Gasteiger partial charge >= 0.3 is 5.97 Å². The molecule has 1 atom stereocenters. The van der Waals surface area contributed by atoms with Crippen LogP contribution in [0.15, 0.2) is 18.2 Å². The molecule has 0 saturated carbocycles. The average molecular weight is 340 g/mol. The van der Waals surface area contributed by atoms with Gasteiger partial charge in [0.05, 0.1) is 17.7 Å². The predicted molar refractivity (Wildman–Crippen MR) is 85.2 cm³/mol. The van der Waals surface area contributed by atoms with Gasteiger partial charge in [0, 0.05) is 5.56 Å². The fourth-order valence-corrected chi connectivity index (χ4v) is 2.25. The highest BCUT2D eigenvalue weighted by atomic mass is 35.5. The summed E-state index contributed by atoms with van der Waals surface area (Å²) in [5, 5.41) is 0. The van der Waals surface area contributed by atoms with Crippen LogP contribution in [0.1, 0.15) is 30.6 Å². The van der Waals surface area contributed by atoms with E-state index >= 15 is 0 Å². The minimum absolute atomic E-state index is 0.160. The number of benzene rings is 1. The molecule has 1 amide bonds. The molecule has 1 unspecified atom stereocenters. The van der Waals surface area contributed by atoms with Crippen LogP contribution in [0.4, 0.5) is 5.69 Å². The lowest BCUT2D eigenvalue weighted by molar-refractivity contribution is -0.147. The second kappa shape index (κ2) is 7.46. The largest absolute Gasteiger partial charge is 0.482 e. The van der Waals surface area contributed by atoms with Crippen LogP contribution in [-0.2, 0) is 14.3 Å². The van der Waals surface area contributed by atoms with Crippen LogP contribution in [-0.4, -0.2) is 42.8 Å². The minimum atomic E-state index is -0.505. The lowest BCUT2D eigenvalue weighted by Gasteiger charge is -2.29. The third-order valence-electron chi connectivity index (χ3n) is 3.54. The zero-order valence-corrected chi connectivity index (χ0v) is 13.8. The van der Waals surface area contributed by atoms with Crippen LogP contribution in [0.3, 0.4) is 0 Å². The molecule has 124 valence electrons. The number of ketones is 1. The van der Waals surface area contributed by atoms with Crippen molar-refractivity contribution in [1.29, 1.82) is 0 Å². The molecule has 0 radical (unpaired) electrons. The quantitative estimate of drug-likeness (QED) is 0.451. The Morgan fingerprint density at radius 2 is 2.17 bits per heavy atom. The van der Waals surface area contributed by atoms with E-state index in [1.54, 1.807) is 19.1 Å². The zero-order chi connectivity index (χ0) is 17.0. The van der Waals surface area contributed by atoms with Crippen molar-refractivity contribution in [1.82, 2.24) is 0 Å². The Labute approximate surface area is 139 Å². The fraction of sp³-hybridized carbons (Fsp3) is 0.438. The second-order valence-corrected chi connectivity index (χ2v) is 5.48. The molecule has 1 aliphatic rings. The smallest absolute Gasteiger partial charge is 0.326 e. The van der Waals surface area contributed by atoms with Crippen molar-refractivity contribution in [3.63, 3.8) is 0 Å². The molecule has 6 nitrogen and oxygen atoms in total. The second-order valence-electron chi connectivity index (χ2n) is 5.22. The molecule has 0 aromatic heterocycles. The number of fused-ring (bicyclic) bond motifs is 1. The molecule has 0 N–H and O–H groups in total. The standard InChI is InChI=1S/C16H18ClNO5/c1-3-10(2)23-16(21)8-18-12-6-11(13(19)7-17)4-5-14(12)22-9-15(18)20/h4-6,10H,3,7-9H2,1-2H3. The van der Waals surface area contributed by atoms with Crippen LogP contribution in [0.25, 0.3) is 0 Å². The number of rotatable bonds is 6. The van der Waals surface area contributed by atoms with E-state index in [0.717, 1.165) is 0 Å². The summed E-state index contributed by atoms with van der Waals surface area (Å²) in [5.74, 6) is -0.866. The molecule has 0 spiro atoms. The Bertz CT molecular complexity index is 631. The van der Waals surface area contributed by atoms with Crippen molar-refractivity contribution in [2.75, 3.05) is 23.9 Å². The number of carbonyl (C=O) groups is 3. The van der Waals surface area contributed by atoms with E-state index in [9.17, 15) is 14.4 Å². The van der Waals surface area contributed by atoms with Gasteiger partial charge in [-0.15, -0.1) is 11.6 Å². The summed E-state index contributed by atoms with van der Waals surface area (Å²) in [6.07, 6.45) is 0.468. The fourth-order valence-electron chi connectivity index (χ4n) is 2.10. The van der Waals surface area contributed by atoms with Gasteiger partial charge in [0.25, 0.3) is 5.91 Å². The van der Waals surface area contributed by atoms with Crippen molar-refractivity contribution >= 4 is 34.9 Å². The highest BCUT2D eigenvalue weighted by molar-refractivity contribution is 6.30. The molecule has 0 fully saturated rings. The number of esters is 1. The first-order chi connectivity index (χ1) is 11.0. The van der Waals surface area contributed by atoms with E-state index < -0.39 is 5.97 Å². The van der Waals surface area contributed by atoms with Gasteiger partial charge in [0.15, 0.2) is 12.4 Å². The predicted octanol–water partition coefficient (Wildman–Crippen LogP) is 2.18. The van der Waals surface area contributed by atoms with E-state index in [-0.39, 0.29) is 36.8 Å². The summed E-state index contributed by atoms with van der Waals surface area (Å²) in [4.78, 5) is 37.0. The Kier molecular flexibility index (Phi) is 5.60. The third kappa shape index (κ3) is 4.01. The maximum Gasteiger partial charge on any atom is 0.326 e. The van der Waals surface area contributed by atoms with Crippen molar-refractivity contribution in [3.05, 3.63) is 23.8 Å². The van der Waals surface area contributed by atoms with Crippen molar-refractivity contribution in [2.24, 2.45) is 0 Å². The van der Waals surface area contributed by atoms with Crippen LogP contribution in [0.5, 0.6) is 5.75 Å². The molecular weight excluding hydrogens is 322 g/mol. The highest BCUT2D eigenvalue weighted by Crippen LogP contribution is 2.33. The molecule has 2 rings (SSSR count). The molecule has 1 heterocycles. The first-order valence-electron chi connectivity index (χ1n) is 7.32. The summed E-state index contributed by atoms with van der Waals surface area (Å²) in [6.45, 7) is 3.30. The summed E-state index contributed by atoms with van der Waals surface area (Å²) in [6, 6.07) is 4.68. The van der Waals surface area contributed by atoms with Crippen molar-refractivity contribution < 1.29 is 23.9 Å². The molecule has 1 aromatic carbocycles. The van der Waals surface area contributed by atoms with Gasteiger partial charge in [0.2, 0.25) is 0 Å². The Hall–Kier alpha value is -2.08. The molecule has 1 aliphatic heterocycles. The van der Waals surface area contributed by atoms with Crippen LogP contribution >= 0.6 is 11.6 Å². The molecule has 0 saturated heterocycles. The SMILES string of the molecule is CCC(C)OC(=O)CN1C(=O)COc2ccc(C(=O)CCl)cc21. The number of carbonyl (C=O) groups excluding carboxylic acids is 3. The summed E-state index contributed by atoms with van der Waals surface area (Å²) in [7, 11) is 0. The van der Waals surface area contributed by atoms with Gasteiger partial charge in [-0.05, 0) is 31.5 Å². The molecule has 23 heavy (non-hydrogen) atoms. The monoisotopic (exact) mass is 339 g/mol. The number of anilines is 1. The van der Waals surface area contributed by atoms with Crippen molar-refractivity contribution in [2.45, 2.75) is 26.4 Å². The number of alkyl halides is 1. The highest BCUT2D eigenvalue weighted by Gasteiger charge is 2.29. The number of nitrogens with zero attached hydrogens (tertiary/aromatic N) is 1. The molecule has 7 heteroatoms. The molecule has 0 bridgehead atoms. The van der Waals surface area contributed by atoms with Crippen LogP contribution in [0.2, 0.25) is 0 Å². The first kappa shape index (κ1) is 17.3. The van der Waals surface area contributed by atoms with E-state index in [0.29, 0.717) is 23.4 Å². The Morgan fingerprint density at radius 1 is 1.43 bits per heavy atom. The summed E-state index contributed by atoms with van der Waals surface area (Å²) in [5.41, 5.74) is 0.732. The van der Waals surface area contributed by atoms with Gasteiger partial charge < -0.3 is 9.47 Å². The summed E-state index contributed by atoms with van der Waals surface area (Å²) >= 11 is 5.56. The number of amides is 1. The third-order valence-corrected chi connectivity index (χ3v) is 3.78. The Balaban J connectivity index is 2.25. The van der Waals surface area contributed by atoms with E-state index in [4.69, 9.17) is 21.1 Å². The van der Waals surface area contributed by atoms with Gasteiger partial charge in [-0.3, -0.25) is 19.3 Å². The van der Waals surface area contributed by atoms with E-state index in [1.807, 2.05) is 6.92 Å². The summed E-state index contributed by atoms with van der Waals surface area (Å²) < 4.78 is 10.5. The van der Waals surface area contributed by atoms with Crippen LogP contribution < -0.4 is 9.64 Å². The number of ether oxygens (including phenoxy) is 2. The van der Waals surface area contributed by atoms with Crippen LogP contribution in [0, 0.1) is 0 Å². The Morgan fingerprint density at radius 3 is 2.83 bits per heavy atom. The maximum absolute atomic E-state index is 12.1. The maximum atomic E-state index is 12.1. The molecule has 0 aliphatic carbocycles. The van der Waals surface area contributed by atoms with Gasteiger partial charge in [0.1, 0.15) is 12.3 Å². The van der Waals surface area contributed by atoms with Gasteiger partial charge in [-0.25, -0.2) is 0 Å². The van der Waals surface area contributed by atoms with Gasteiger partial charge in [-0.1, -0.05) is 6.92 Å². The minimum Gasteiger partial charge on any atom is -0.482 e. The van der Waals surface area contributed by atoms with Gasteiger partial charge in [-0.2, -0.15) is 0 Å². The number of halogens is 1. The molecule has 1 aromatic rings. The number of Topliss-reactive ketones (excluding diaryl/α,β-unsaturated/α-hetero) is 1. The zero-order valence-electron chi connectivity index (χ0n) is 13.0. The number of hydrogen-bond acceptors (Lipinski definition) is 5. The number of hydrogen-bond donors (Lipinski definition) is 0. The topological polar surface area (TPSA) is 72.9 Å². The normalized spacial score (nSPS) is 14.7. The first-order valence-corrected chi connectivity index (χ1v) is 7.85. The molecular formula is C16H18ClNO5. The lowest BCUT2D eigenvalue weighted by atomic mass is 10.1. The average Bonchev–Trinajstić information content (AvgIpc) is 2.56.